The Kier molecular flexibility index (Phi) is 5.57. The van der Waals surface area contributed by atoms with Crippen LogP contribution in [0.2, 0.25) is 0 Å². The first kappa shape index (κ1) is 10.5. The topological polar surface area (TPSA) is 50.4 Å². The maximum atomic E-state index is 5.41. The maximum absolute atomic E-state index is 5.41. The van der Waals surface area contributed by atoms with Gasteiger partial charge in [-0.3, -0.25) is 4.99 Å². The fourth-order valence-electron chi connectivity index (χ4n) is 1.52. The first-order valence-electron chi connectivity index (χ1n) is 5.41. The molecule has 0 radical (unpaired) electrons. The number of hydrogen-bond acceptors (Lipinski definition) is 3. The number of aliphatic imine (C=N–C) groups is 1. The van der Waals surface area contributed by atoms with Crippen molar-refractivity contribution in [1.29, 1.82) is 0 Å². The fraction of sp³-hybridized carbons (Fsp3) is 0.900. The summed E-state index contributed by atoms with van der Waals surface area (Å²) in [5, 5.41) is 3.39. The minimum absolute atomic E-state index is 0.800. The minimum atomic E-state index is 0.800. The van der Waals surface area contributed by atoms with Crippen molar-refractivity contribution in [3.05, 3.63) is 0 Å². The summed E-state index contributed by atoms with van der Waals surface area (Å²) >= 11 is 0. The van der Waals surface area contributed by atoms with E-state index in [2.05, 4.69) is 10.3 Å². The number of hydrogen-bond donors (Lipinski definition) is 2. The molecule has 1 heterocycles. The second kappa shape index (κ2) is 6.89. The number of amidine groups is 1. The molecule has 13 heavy (non-hydrogen) atoms. The predicted octanol–water partition coefficient (Wildman–Crippen LogP) is 1.29. The van der Waals surface area contributed by atoms with Gasteiger partial charge in [-0.25, -0.2) is 0 Å². The summed E-state index contributed by atoms with van der Waals surface area (Å²) in [5.74, 6) is 1.22. The molecule has 0 bridgehead atoms. The molecule has 3 heteroatoms. The van der Waals surface area contributed by atoms with Crippen molar-refractivity contribution < 1.29 is 0 Å². The molecule has 0 unspecified atom stereocenters. The molecule has 0 amide bonds. The predicted molar refractivity (Wildman–Crippen MR) is 57.1 cm³/mol. The zero-order chi connectivity index (χ0) is 9.36. The molecule has 0 fully saturated rings. The lowest BCUT2D eigenvalue weighted by molar-refractivity contribution is 0.704. The van der Waals surface area contributed by atoms with Crippen molar-refractivity contribution in [2.45, 2.75) is 38.5 Å². The summed E-state index contributed by atoms with van der Waals surface area (Å²) < 4.78 is 0. The Labute approximate surface area is 80.8 Å². The van der Waals surface area contributed by atoms with E-state index in [0.717, 1.165) is 38.9 Å². The Morgan fingerprint density at radius 3 is 3.00 bits per heavy atom. The van der Waals surface area contributed by atoms with E-state index in [0.29, 0.717) is 0 Å². The van der Waals surface area contributed by atoms with E-state index in [9.17, 15) is 0 Å². The molecule has 3 N–H and O–H groups in total. The fourth-order valence-corrected chi connectivity index (χ4v) is 1.52. The van der Waals surface area contributed by atoms with Crippen molar-refractivity contribution in [2.24, 2.45) is 10.7 Å². The molecule has 1 aliphatic heterocycles. The number of nitrogens with two attached hydrogens (primary N) is 1. The number of rotatable bonds is 4. The monoisotopic (exact) mass is 183 g/mol. The van der Waals surface area contributed by atoms with Gasteiger partial charge in [-0.2, -0.15) is 0 Å². The lowest BCUT2D eigenvalue weighted by Gasteiger charge is -2.07. The van der Waals surface area contributed by atoms with Gasteiger partial charge in [-0.05, 0) is 32.2 Å². The summed E-state index contributed by atoms with van der Waals surface area (Å²) in [5.41, 5.74) is 5.41. The summed E-state index contributed by atoms with van der Waals surface area (Å²) in [6, 6.07) is 0. The molecule has 1 aliphatic rings. The van der Waals surface area contributed by atoms with E-state index in [1.165, 1.54) is 25.1 Å². The van der Waals surface area contributed by atoms with Crippen LogP contribution in [-0.4, -0.2) is 25.5 Å². The second-order valence-corrected chi connectivity index (χ2v) is 3.56. The summed E-state index contributed by atoms with van der Waals surface area (Å²) in [6.07, 6.45) is 7.30. The van der Waals surface area contributed by atoms with E-state index in [1.54, 1.807) is 0 Å². The summed E-state index contributed by atoms with van der Waals surface area (Å²) in [6.45, 7) is 2.85. The normalized spacial score (nSPS) is 17.8. The first-order chi connectivity index (χ1) is 6.43. The molecule has 1 rings (SSSR count). The van der Waals surface area contributed by atoms with E-state index in [1.807, 2.05) is 0 Å². The van der Waals surface area contributed by atoms with Gasteiger partial charge in [-0.1, -0.05) is 6.42 Å². The zero-order valence-electron chi connectivity index (χ0n) is 8.39. The van der Waals surface area contributed by atoms with Gasteiger partial charge in [0.1, 0.15) is 0 Å². The summed E-state index contributed by atoms with van der Waals surface area (Å²) in [4.78, 5) is 4.50. The molecule has 0 aromatic heterocycles. The molecule has 76 valence electrons. The third-order valence-corrected chi connectivity index (χ3v) is 2.33. The molecule has 0 aliphatic carbocycles. The highest BCUT2D eigenvalue weighted by Crippen LogP contribution is 2.05. The average molecular weight is 183 g/mol. The third kappa shape index (κ3) is 4.88. The summed E-state index contributed by atoms with van der Waals surface area (Å²) in [7, 11) is 0. The molecule has 0 saturated carbocycles. The van der Waals surface area contributed by atoms with Gasteiger partial charge in [-0.15, -0.1) is 0 Å². The zero-order valence-corrected chi connectivity index (χ0v) is 8.39. The van der Waals surface area contributed by atoms with Crippen LogP contribution in [-0.2, 0) is 0 Å². The van der Waals surface area contributed by atoms with Gasteiger partial charge in [0.2, 0.25) is 0 Å². The van der Waals surface area contributed by atoms with Crippen LogP contribution in [0, 0.1) is 0 Å². The molecular formula is C10H21N3. The van der Waals surface area contributed by atoms with Crippen molar-refractivity contribution >= 4 is 5.84 Å². The van der Waals surface area contributed by atoms with Gasteiger partial charge in [0.05, 0.1) is 5.84 Å². The molecule has 0 atom stereocenters. The standard InChI is InChI=1S/C10H21N3/c11-7-3-5-9-13-10-6-2-1-4-8-12-10/h1-9,11H2,(H,12,13). The van der Waals surface area contributed by atoms with Crippen LogP contribution in [0.1, 0.15) is 38.5 Å². The Hall–Kier alpha value is -0.570. The minimum Gasteiger partial charge on any atom is -0.374 e. The van der Waals surface area contributed by atoms with Gasteiger partial charge >= 0.3 is 0 Å². The van der Waals surface area contributed by atoms with Gasteiger partial charge in [0.15, 0.2) is 0 Å². The van der Waals surface area contributed by atoms with E-state index in [-0.39, 0.29) is 0 Å². The molecule has 0 spiro atoms. The highest BCUT2D eigenvalue weighted by atomic mass is 15.0. The van der Waals surface area contributed by atoms with E-state index >= 15 is 0 Å². The smallest absolute Gasteiger partial charge is 0.0963 e. The van der Waals surface area contributed by atoms with Gasteiger partial charge in [0, 0.05) is 19.5 Å². The van der Waals surface area contributed by atoms with Crippen molar-refractivity contribution in [3.63, 3.8) is 0 Å². The van der Waals surface area contributed by atoms with Crippen LogP contribution in [0.15, 0.2) is 4.99 Å². The van der Waals surface area contributed by atoms with Crippen LogP contribution < -0.4 is 11.1 Å². The largest absolute Gasteiger partial charge is 0.374 e. The number of nitrogens with one attached hydrogen (secondary N) is 1. The molecule has 0 aromatic rings. The maximum Gasteiger partial charge on any atom is 0.0963 e. The Balaban J connectivity index is 2.08. The van der Waals surface area contributed by atoms with Crippen molar-refractivity contribution in [3.8, 4) is 0 Å². The first-order valence-corrected chi connectivity index (χ1v) is 5.41. The lowest BCUT2D eigenvalue weighted by Crippen LogP contribution is -2.24. The van der Waals surface area contributed by atoms with E-state index < -0.39 is 0 Å². The Bertz CT molecular complexity index is 154. The SMILES string of the molecule is NCCCCNC1=NCCCCC1. The highest BCUT2D eigenvalue weighted by Gasteiger charge is 2.02. The number of unbranched alkanes of at least 4 members (excludes halogenated alkanes) is 1. The van der Waals surface area contributed by atoms with Gasteiger partial charge < -0.3 is 11.1 Å². The van der Waals surface area contributed by atoms with Crippen LogP contribution in [0.25, 0.3) is 0 Å². The molecule has 3 nitrogen and oxygen atoms in total. The lowest BCUT2D eigenvalue weighted by atomic mass is 10.2. The third-order valence-electron chi connectivity index (χ3n) is 2.33. The van der Waals surface area contributed by atoms with Crippen LogP contribution in [0.5, 0.6) is 0 Å². The van der Waals surface area contributed by atoms with Crippen molar-refractivity contribution in [2.75, 3.05) is 19.6 Å². The van der Waals surface area contributed by atoms with Gasteiger partial charge in [0.25, 0.3) is 0 Å². The quantitative estimate of drug-likeness (QED) is 0.645. The van der Waals surface area contributed by atoms with Crippen LogP contribution in [0.4, 0.5) is 0 Å². The highest BCUT2D eigenvalue weighted by molar-refractivity contribution is 5.82. The van der Waals surface area contributed by atoms with Crippen molar-refractivity contribution in [1.82, 2.24) is 5.32 Å². The molecule has 0 aromatic carbocycles. The van der Waals surface area contributed by atoms with E-state index in [4.69, 9.17) is 5.73 Å². The van der Waals surface area contributed by atoms with Crippen LogP contribution in [0.3, 0.4) is 0 Å². The Morgan fingerprint density at radius 1 is 1.23 bits per heavy atom. The second-order valence-electron chi connectivity index (χ2n) is 3.56. The number of nitrogens with zero attached hydrogens (tertiary/aromatic N) is 1. The van der Waals surface area contributed by atoms with Crippen LogP contribution >= 0.6 is 0 Å². The molecular weight excluding hydrogens is 162 g/mol. The molecule has 0 saturated heterocycles. The average Bonchev–Trinajstić information content (AvgIpc) is 2.41. The Morgan fingerprint density at radius 2 is 2.15 bits per heavy atom.